The Morgan fingerprint density at radius 2 is 1.71 bits per heavy atom. The van der Waals surface area contributed by atoms with Crippen molar-refractivity contribution in [2.75, 3.05) is 32.7 Å². The van der Waals surface area contributed by atoms with Crippen LogP contribution >= 0.6 is 0 Å². The summed E-state index contributed by atoms with van der Waals surface area (Å²) in [6.07, 6.45) is 8.90. The van der Waals surface area contributed by atoms with Crippen molar-refractivity contribution >= 4 is 12.0 Å². The van der Waals surface area contributed by atoms with E-state index in [1.54, 1.807) is 24.5 Å². The number of hydrogen-bond donors (Lipinski definition) is 1. The van der Waals surface area contributed by atoms with Crippen LogP contribution < -0.4 is 5.32 Å². The molecular weight excluding hydrogens is 432 g/mol. The Bertz CT molecular complexity index is 1020. The number of benzene rings is 2. The highest BCUT2D eigenvalue weighted by atomic mass is 16.1. The summed E-state index contributed by atoms with van der Waals surface area (Å²) in [4.78, 5) is 21.3. The van der Waals surface area contributed by atoms with Crippen LogP contribution in [0.4, 0.5) is 0 Å². The molecule has 1 N–H and O–H groups in total. The van der Waals surface area contributed by atoms with Gasteiger partial charge in [0.1, 0.15) is 0 Å². The minimum atomic E-state index is -0.0521. The highest BCUT2D eigenvalue weighted by molar-refractivity contribution is 5.91. The number of amides is 1. The van der Waals surface area contributed by atoms with Gasteiger partial charge in [-0.05, 0) is 55.1 Å². The van der Waals surface area contributed by atoms with Crippen molar-refractivity contribution in [1.82, 2.24) is 20.1 Å². The summed E-state index contributed by atoms with van der Waals surface area (Å²) in [5.74, 6) is -0.0521. The summed E-state index contributed by atoms with van der Waals surface area (Å²) in [6, 6.07) is 26.3. The van der Waals surface area contributed by atoms with Gasteiger partial charge in [0.05, 0.1) is 6.04 Å². The van der Waals surface area contributed by atoms with E-state index in [9.17, 15) is 4.79 Å². The van der Waals surface area contributed by atoms with Gasteiger partial charge in [0.25, 0.3) is 0 Å². The molecule has 5 heteroatoms. The van der Waals surface area contributed by atoms with Gasteiger partial charge >= 0.3 is 0 Å². The normalized spacial score (nSPS) is 17.1. The lowest BCUT2D eigenvalue weighted by molar-refractivity contribution is -0.116. The predicted molar refractivity (Wildman–Crippen MR) is 143 cm³/mol. The summed E-state index contributed by atoms with van der Waals surface area (Å²) < 4.78 is 0. The number of pyridine rings is 1. The summed E-state index contributed by atoms with van der Waals surface area (Å²) in [5, 5.41) is 2.99. The number of nitrogens with one attached hydrogen (secondary N) is 1. The SMILES string of the molecule is CC1CN(C(c2ccccc2)c2ccccc2)CCN1CCCCNC(=O)/C=C/c1cccnc1. The van der Waals surface area contributed by atoms with Crippen LogP contribution in [0.5, 0.6) is 0 Å². The zero-order chi connectivity index (χ0) is 24.3. The van der Waals surface area contributed by atoms with Crippen molar-refractivity contribution in [3.8, 4) is 0 Å². The fourth-order valence-electron chi connectivity index (χ4n) is 4.83. The molecule has 1 aliphatic heterocycles. The van der Waals surface area contributed by atoms with Crippen LogP contribution in [-0.2, 0) is 4.79 Å². The molecule has 1 saturated heterocycles. The topological polar surface area (TPSA) is 48.5 Å². The molecule has 2 aromatic carbocycles. The van der Waals surface area contributed by atoms with Crippen molar-refractivity contribution in [2.24, 2.45) is 0 Å². The molecule has 35 heavy (non-hydrogen) atoms. The molecule has 1 amide bonds. The highest BCUT2D eigenvalue weighted by Crippen LogP contribution is 2.30. The van der Waals surface area contributed by atoms with Gasteiger partial charge in [-0.2, -0.15) is 0 Å². The maximum Gasteiger partial charge on any atom is 0.243 e. The van der Waals surface area contributed by atoms with E-state index in [2.05, 4.69) is 87.7 Å². The van der Waals surface area contributed by atoms with E-state index >= 15 is 0 Å². The molecule has 182 valence electrons. The second kappa shape index (κ2) is 13.0. The highest BCUT2D eigenvalue weighted by Gasteiger charge is 2.29. The predicted octanol–water partition coefficient (Wildman–Crippen LogP) is 4.79. The van der Waals surface area contributed by atoms with Crippen LogP contribution in [0.15, 0.2) is 91.3 Å². The summed E-state index contributed by atoms with van der Waals surface area (Å²) in [5.41, 5.74) is 3.64. The first-order valence-corrected chi connectivity index (χ1v) is 12.6. The molecule has 1 unspecified atom stereocenters. The minimum absolute atomic E-state index is 0.0521. The monoisotopic (exact) mass is 468 g/mol. The van der Waals surface area contributed by atoms with E-state index in [4.69, 9.17) is 0 Å². The molecule has 0 aliphatic carbocycles. The van der Waals surface area contributed by atoms with E-state index in [-0.39, 0.29) is 11.9 Å². The second-order valence-corrected chi connectivity index (χ2v) is 9.22. The van der Waals surface area contributed by atoms with E-state index in [0.29, 0.717) is 12.6 Å². The molecule has 1 fully saturated rings. The quantitative estimate of drug-likeness (QED) is 0.343. The number of carbonyl (C=O) groups excluding carboxylic acids is 1. The standard InChI is InChI=1S/C30H36N4O/c1-25-24-34(30(27-12-4-2-5-13-27)28-14-6-3-7-15-28)22-21-33(25)20-9-8-19-32-29(35)17-16-26-11-10-18-31-23-26/h2-7,10-18,23,25,30H,8-9,19-22,24H2,1H3,(H,32,35)/b17-16+. The van der Waals surface area contributed by atoms with Crippen LogP contribution in [0.1, 0.15) is 42.5 Å². The van der Waals surface area contributed by atoms with Crippen LogP contribution in [0.2, 0.25) is 0 Å². The Kier molecular flexibility index (Phi) is 9.21. The summed E-state index contributed by atoms with van der Waals surface area (Å²) >= 11 is 0. The number of piperazine rings is 1. The maximum absolute atomic E-state index is 12.0. The van der Waals surface area contributed by atoms with Crippen molar-refractivity contribution < 1.29 is 4.79 Å². The number of nitrogens with zero attached hydrogens (tertiary/aromatic N) is 3. The van der Waals surface area contributed by atoms with Crippen molar-refractivity contribution in [3.05, 3.63) is 108 Å². The van der Waals surface area contributed by atoms with Gasteiger partial charge in [-0.25, -0.2) is 0 Å². The molecule has 2 heterocycles. The molecule has 0 bridgehead atoms. The number of aromatic nitrogens is 1. The number of rotatable bonds is 10. The van der Waals surface area contributed by atoms with E-state index in [1.165, 1.54) is 11.1 Å². The third kappa shape index (κ3) is 7.35. The molecule has 1 atom stereocenters. The first kappa shape index (κ1) is 24.8. The second-order valence-electron chi connectivity index (χ2n) is 9.22. The molecular formula is C30H36N4O. The third-order valence-corrected chi connectivity index (χ3v) is 6.68. The Hall–Kier alpha value is -3.28. The van der Waals surface area contributed by atoms with Crippen molar-refractivity contribution in [2.45, 2.75) is 31.8 Å². The van der Waals surface area contributed by atoms with Crippen LogP contribution in [0.3, 0.4) is 0 Å². The zero-order valence-electron chi connectivity index (χ0n) is 20.6. The van der Waals surface area contributed by atoms with Crippen LogP contribution in [-0.4, -0.2) is 59.5 Å². The molecule has 3 aromatic rings. The minimum Gasteiger partial charge on any atom is -0.353 e. The molecule has 1 aliphatic rings. The van der Waals surface area contributed by atoms with Crippen LogP contribution in [0.25, 0.3) is 6.08 Å². The molecule has 0 radical (unpaired) electrons. The van der Waals surface area contributed by atoms with Crippen molar-refractivity contribution in [3.63, 3.8) is 0 Å². The zero-order valence-corrected chi connectivity index (χ0v) is 20.6. The fraction of sp³-hybridized carbons (Fsp3) is 0.333. The van der Waals surface area contributed by atoms with Gasteiger partial charge in [-0.1, -0.05) is 66.7 Å². The van der Waals surface area contributed by atoms with Gasteiger partial charge in [0.15, 0.2) is 0 Å². The largest absolute Gasteiger partial charge is 0.353 e. The smallest absolute Gasteiger partial charge is 0.243 e. The Morgan fingerprint density at radius 3 is 2.34 bits per heavy atom. The fourth-order valence-corrected chi connectivity index (χ4v) is 4.83. The third-order valence-electron chi connectivity index (χ3n) is 6.68. The first-order valence-electron chi connectivity index (χ1n) is 12.6. The maximum atomic E-state index is 12.0. The van der Waals surface area contributed by atoms with Crippen molar-refractivity contribution in [1.29, 1.82) is 0 Å². The first-order chi connectivity index (χ1) is 17.2. The van der Waals surface area contributed by atoms with Gasteiger partial charge in [-0.15, -0.1) is 0 Å². The Morgan fingerprint density at radius 1 is 1.00 bits per heavy atom. The number of hydrogen-bond acceptors (Lipinski definition) is 4. The van der Waals surface area contributed by atoms with E-state index in [0.717, 1.165) is 44.6 Å². The number of carbonyl (C=O) groups is 1. The molecule has 0 saturated carbocycles. The molecule has 1 aromatic heterocycles. The van der Waals surface area contributed by atoms with E-state index in [1.807, 2.05) is 12.1 Å². The van der Waals surface area contributed by atoms with Gasteiger partial charge < -0.3 is 5.32 Å². The van der Waals surface area contributed by atoms with Gasteiger partial charge in [0.2, 0.25) is 5.91 Å². The van der Waals surface area contributed by atoms with E-state index < -0.39 is 0 Å². The van der Waals surface area contributed by atoms with Gasteiger partial charge in [0, 0.05) is 50.7 Å². The molecule has 4 rings (SSSR count). The molecule has 0 spiro atoms. The lowest BCUT2D eigenvalue weighted by Gasteiger charge is -2.43. The summed E-state index contributed by atoms with van der Waals surface area (Å²) in [6.45, 7) is 7.27. The van der Waals surface area contributed by atoms with Gasteiger partial charge in [-0.3, -0.25) is 19.6 Å². The Labute approximate surface area is 209 Å². The van der Waals surface area contributed by atoms with Crippen LogP contribution in [0, 0.1) is 0 Å². The Balaban J connectivity index is 1.22. The lowest BCUT2D eigenvalue weighted by atomic mass is 9.95. The average molecular weight is 469 g/mol. The lowest BCUT2D eigenvalue weighted by Crippen LogP contribution is -2.53. The molecule has 5 nitrogen and oxygen atoms in total. The number of unbranched alkanes of at least 4 members (excludes halogenated alkanes) is 1. The summed E-state index contributed by atoms with van der Waals surface area (Å²) in [7, 11) is 0. The average Bonchev–Trinajstić information content (AvgIpc) is 2.90.